The average molecular weight is 144 g/mol. The zero-order valence-corrected chi connectivity index (χ0v) is 4.88. The van der Waals surface area contributed by atoms with Crippen molar-refractivity contribution in [1.82, 2.24) is 6.15 Å². The van der Waals surface area contributed by atoms with Gasteiger partial charge >= 0.3 is 0 Å². The molecule has 0 unspecified atom stereocenters. The third kappa shape index (κ3) is 59.7. The third-order valence-electron chi connectivity index (χ3n) is 0. The lowest BCUT2D eigenvalue weighted by Crippen LogP contribution is -0.481. The van der Waals surface area contributed by atoms with Gasteiger partial charge in [0.25, 0.3) is 0 Å². The molecule has 0 aliphatic rings. The van der Waals surface area contributed by atoms with Crippen LogP contribution in [0.4, 0.5) is 0 Å². The fraction of sp³-hybridized carbons (Fsp3) is 0. The summed E-state index contributed by atoms with van der Waals surface area (Å²) in [5.41, 5.74) is 0. The Kier molecular flexibility index (Phi) is 4690. The predicted octanol–water partition coefficient (Wildman–Crippen LogP) is 0.603. The van der Waals surface area contributed by atoms with Crippen LogP contribution in [0.1, 0.15) is 0 Å². The van der Waals surface area contributed by atoms with E-state index in [4.69, 9.17) is 0 Å². The summed E-state index contributed by atoms with van der Waals surface area (Å²) in [5, 5.41) is 0. The van der Waals surface area contributed by atoms with Crippen molar-refractivity contribution in [3.63, 3.8) is 0 Å². The molecule has 0 aromatic carbocycles. The molecule has 5 heteroatoms. The zero-order valence-electron chi connectivity index (χ0n) is 2.43. The highest BCUT2D eigenvalue weighted by molar-refractivity contribution is 5.86. The highest BCUT2D eigenvalue weighted by Gasteiger charge is -0.145. The van der Waals surface area contributed by atoms with Crippen LogP contribution in [0, 0.1) is 0 Å². The highest BCUT2D eigenvalue weighted by atomic mass is 35.5. The minimum atomic E-state index is 0. The Morgan fingerprint density at radius 2 is 0.600 bits per heavy atom. The van der Waals surface area contributed by atoms with E-state index < -0.39 is 0 Å². The Morgan fingerprint density at radius 1 is 0.600 bits per heavy atom. The van der Waals surface area contributed by atoms with Crippen LogP contribution in [0.15, 0.2) is 0 Å². The molecule has 0 bridgehead atoms. The molecule has 0 aliphatic heterocycles. The van der Waals surface area contributed by atoms with E-state index in [1.807, 2.05) is 0 Å². The van der Waals surface area contributed by atoms with Crippen LogP contribution in [-0.2, 0) is 0 Å². The van der Waals surface area contributed by atoms with Gasteiger partial charge in [0.15, 0.2) is 0 Å². The van der Waals surface area contributed by atoms with Crippen molar-refractivity contribution in [2.45, 2.75) is 0 Å². The number of halogens is 3. The van der Waals surface area contributed by atoms with Gasteiger partial charge in [-0.15, -0.1) is 37.2 Å². The largest absolute Gasteiger partial charge is 0.412 e. The molecule has 0 aliphatic carbocycles. The Hall–Kier alpha value is 0.790. The average Bonchev–Trinajstić information content (AvgIpc) is 0. The monoisotopic (exact) mass is 143 g/mol. The fourth-order valence-corrected chi connectivity index (χ4v) is 0. The molecule has 0 saturated heterocycles. The van der Waals surface area contributed by atoms with Gasteiger partial charge in [-0.2, -0.15) is 0 Å². The minimum Gasteiger partial charge on any atom is -0.412 e. The normalized spacial score (nSPS) is 0. The van der Waals surface area contributed by atoms with Crippen molar-refractivity contribution in [1.29, 1.82) is 0 Å². The molecule has 0 aromatic heterocycles. The second-order valence-electron chi connectivity index (χ2n) is 0. The molecule has 2 nitrogen and oxygen atoms in total. The van der Waals surface area contributed by atoms with Gasteiger partial charge in [0.1, 0.15) is 0 Å². The molecule has 0 spiro atoms. The molecule has 0 amide bonds. The van der Waals surface area contributed by atoms with Crippen molar-refractivity contribution in [2.24, 2.45) is 0 Å². The molecule has 5 heavy (non-hydrogen) atoms. The summed E-state index contributed by atoms with van der Waals surface area (Å²) in [6.45, 7) is 0. The fourth-order valence-electron chi connectivity index (χ4n) is 0. The number of hydrogen-bond acceptors (Lipinski definition) is 1. The lowest BCUT2D eigenvalue weighted by molar-refractivity contribution is 0.824. The van der Waals surface area contributed by atoms with Crippen molar-refractivity contribution in [3.05, 3.63) is 0 Å². The van der Waals surface area contributed by atoms with Gasteiger partial charge in [-0.25, -0.2) is 0 Å². The van der Waals surface area contributed by atoms with Gasteiger partial charge in [-0.3, -0.25) is 0 Å². The summed E-state index contributed by atoms with van der Waals surface area (Å²) in [6, 6.07) is 0. The second kappa shape index (κ2) is 110. The Morgan fingerprint density at radius 3 is 0.600 bits per heavy atom. The maximum atomic E-state index is 0. The first kappa shape index (κ1) is 213. The Balaban J connectivity index is 0. The molecule has 0 atom stereocenters. The van der Waals surface area contributed by atoms with Gasteiger partial charge in [0.2, 0.25) is 0 Å². The lowest BCUT2D eigenvalue weighted by Gasteiger charge is -0.412. The summed E-state index contributed by atoms with van der Waals surface area (Å²) >= 11 is 0. The van der Waals surface area contributed by atoms with Crippen molar-refractivity contribution in [2.75, 3.05) is 0 Å². The molecule has 0 radical (unpaired) electrons. The summed E-state index contributed by atoms with van der Waals surface area (Å²) in [7, 11) is 0. The molecule has 0 heterocycles. The van der Waals surface area contributed by atoms with Gasteiger partial charge in [-0.05, 0) is 0 Å². The molecule has 0 fully saturated rings. The maximum Gasteiger partial charge on any atom is -0.147 e. The highest BCUT2D eigenvalue weighted by Crippen LogP contribution is 0.692. The first-order valence-electron chi connectivity index (χ1n) is 0. The van der Waals surface area contributed by atoms with E-state index in [-0.39, 0.29) is 48.8 Å². The van der Waals surface area contributed by atoms with E-state index in [1.54, 1.807) is 0 Å². The Labute approximate surface area is 49.4 Å². The van der Waals surface area contributed by atoms with E-state index in [1.165, 1.54) is 0 Å². The van der Waals surface area contributed by atoms with Gasteiger partial charge < -0.3 is 11.6 Å². The maximum absolute atomic E-state index is 0. The van der Waals surface area contributed by atoms with Crippen molar-refractivity contribution < 1.29 is 5.48 Å². The Bertz CT molecular complexity index is 6.85. The topological polar surface area (TPSA) is 66.5 Å². The van der Waals surface area contributed by atoms with Gasteiger partial charge in [0.05, 0.1) is 0 Å². The molecule has 0 rings (SSSR count). The van der Waals surface area contributed by atoms with E-state index in [0.717, 1.165) is 0 Å². The molecule has 40 valence electrons. The first-order chi connectivity index (χ1) is 0. The predicted molar refractivity (Wildman–Crippen MR) is 30.4 cm³/mol. The minimum absolute atomic E-state index is 0. The molecular formula is H8Cl3NO. The van der Waals surface area contributed by atoms with E-state index in [9.17, 15) is 0 Å². The molecular weight excluding hydrogens is 136 g/mol. The smallest absolute Gasteiger partial charge is 0.147 e. The first-order valence-corrected chi connectivity index (χ1v) is 0. The molecule has 0 aromatic rings. The summed E-state index contributed by atoms with van der Waals surface area (Å²) in [4.78, 5) is 0. The van der Waals surface area contributed by atoms with Crippen LogP contribution in [0.25, 0.3) is 0 Å². The lowest BCUT2D eigenvalue weighted by atomic mass is 14.0. The van der Waals surface area contributed by atoms with Crippen LogP contribution in [0.3, 0.4) is 0 Å². The van der Waals surface area contributed by atoms with Crippen LogP contribution in [0.5, 0.6) is 0 Å². The summed E-state index contributed by atoms with van der Waals surface area (Å²) in [5.74, 6) is 0. The van der Waals surface area contributed by atoms with Crippen molar-refractivity contribution >= 4 is 37.2 Å². The van der Waals surface area contributed by atoms with E-state index in [2.05, 4.69) is 0 Å². The van der Waals surface area contributed by atoms with E-state index in [0.29, 0.717) is 0 Å². The molecule has 0 saturated carbocycles. The van der Waals surface area contributed by atoms with Gasteiger partial charge in [0, 0.05) is 0 Å². The van der Waals surface area contributed by atoms with Crippen LogP contribution < -0.4 is 6.15 Å². The summed E-state index contributed by atoms with van der Waals surface area (Å²) < 4.78 is 0. The summed E-state index contributed by atoms with van der Waals surface area (Å²) in [6.07, 6.45) is 0. The van der Waals surface area contributed by atoms with Crippen molar-refractivity contribution in [3.8, 4) is 0 Å². The third-order valence-corrected chi connectivity index (χ3v) is 0. The second-order valence-corrected chi connectivity index (χ2v) is 0. The van der Waals surface area contributed by atoms with Crippen LogP contribution >= 0.6 is 37.2 Å². The van der Waals surface area contributed by atoms with Crippen LogP contribution in [0.2, 0.25) is 0 Å². The van der Waals surface area contributed by atoms with Crippen LogP contribution in [-0.4, -0.2) is 5.48 Å². The quantitative estimate of drug-likeness (QED) is 0.532. The standard InChI is InChI=1S/3ClH.H3N.H2O/h3*1H;1H3;1H2. The zero-order chi connectivity index (χ0) is 0. The van der Waals surface area contributed by atoms with E-state index >= 15 is 0 Å². The van der Waals surface area contributed by atoms with Gasteiger partial charge in [-0.1, -0.05) is 0 Å². The molecule has 5 N–H and O–H groups in total. The SMILES string of the molecule is Cl.Cl.Cl.N.O. The number of rotatable bonds is 0. The number of hydrogen-bond donors (Lipinski definition) is 1.